The zero-order chi connectivity index (χ0) is 21.5. The van der Waals surface area contributed by atoms with E-state index in [1.165, 1.54) is 18.4 Å². The number of aliphatic hydroxyl groups is 2. The third-order valence-corrected chi connectivity index (χ3v) is 7.16. The molecule has 1 fully saturated rings. The standard InChI is InChI=1S/C25H38O5/c1-2-3-4-9-19(26)10-5-6-11-20-21-13-17-8-7-12-24(30-16-25(28)29)22(17)14-18(21)15-23(20)27/h7-8,12,18-21,23,26-27H,2-6,9-11,13-16H2,1H3,(H,28,29)/t18-,19-,20+,21-,23+/m0/s1. The number of aliphatic carboxylic acids is 1. The lowest BCUT2D eigenvalue weighted by molar-refractivity contribution is -0.139. The first-order valence-electron chi connectivity index (χ1n) is 11.8. The molecule has 168 valence electrons. The molecule has 0 radical (unpaired) electrons. The van der Waals surface area contributed by atoms with Crippen LogP contribution in [0.2, 0.25) is 0 Å². The summed E-state index contributed by atoms with van der Waals surface area (Å²) in [7, 11) is 0. The molecule has 0 heterocycles. The average molecular weight is 419 g/mol. The molecule has 1 aromatic rings. The summed E-state index contributed by atoms with van der Waals surface area (Å²) in [6, 6.07) is 5.92. The lowest BCUT2D eigenvalue weighted by atomic mass is 9.73. The summed E-state index contributed by atoms with van der Waals surface area (Å²) in [5.41, 5.74) is 2.37. The average Bonchev–Trinajstić information content (AvgIpc) is 3.02. The molecule has 0 saturated heterocycles. The van der Waals surface area contributed by atoms with Crippen molar-refractivity contribution in [3.63, 3.8) is 0 Å². The highest BCUT2D eigenvalue weighted by Gasteiger charge is 2.44. The predicted molar refractivity (Wildman–Crippen MR) is 117 cm³/mol. The van der Waals surface area contributed by atoms with Crippen LogP contribution in [0.4, 0.5) is 0 Å². The second kappa shape index (κ2) is 11.1. The summed E-state index contributed by atoms with van der Waals surface area (Å²) < 4.78 is 5.52. The van der Waals surface area contributed by atoms with E-state index in [0.717, 1.165) is 63.4 Å². The summed E-state index contributed by atoms with van der Waals surface area (Å²) in [5, 5.41) is 29.8. The molecule has 5 heteroatoms. The van der Waals surface area contributed by atoms with E-state index in [2.05, 4.69) is 13.0 Å². The predicted octanol–water partition coefficient (Wildman–Crippen LogP) is 4.36. The van der Waals surface area contributed by atoms with Crippen LogP contribution in [0, 0.1) is 17.8 Å². The van der Waals surface area contributed by atoms with Crippen LogP contribution in [-0.4, -0.2) is 40.1 Å². The van der Waals surface area contributed by atoms with E-state index in [1.807, 2.05) is 12.1 Å². The van der Waals surface area contributed by atoms with Crippen molar-refractivity contribution in [2.24, 2.45) is 17.8 Å². The molecule has 0 unspecified atom stereocenters. The number of fused-ring (bicyclic) bond motifs is 2. The van der Waals surface area contributed by atoms with Gasteiger partial charge < -0.3 is 20.1 Å². The van der Waals surface area contributed by atoms with Crippen LogP contribution in [-0.2, 0) is 17.6 Å². The van der Waals surface area contributed by atoms with E-state index in [-0.39, 0.29) is 18.8 Å². The number of carboxylic acid groups (broad SMARTS) is 1. The van der Waals surface area contributed by atoms with Gasteiger partial charge in [-0.05, 0) is 73.5 Å². The highest BCUT2D eigenvalue weighted by molar-refractivity contribution is 5.68. The molecule has 2 aliphatic carbocycles. The number of rotatable bonds is 12. The van der Waals surface area contributed by atoms with Gasteiger partial charge in [-0.25, -0.2) is 4.79 Å². The van der Waals surface area contributed by atoms with Crippen molar-refractivity contribution < 1.29 is 24.9 Å². The maximum Gasteiger partial charge on any atom is 0.341 e. The first kappa shape index (κ1) is 23.1. The first-order valence-corrected chi connectivity index (χ1v) is 11.8. The molecule has 5 atom stereocenters. The Morgan fingerprint density at radius 2 is 1.93 bits per heavy atom. The minimum Gasteiger partial charge on any atom is -0.482 e. The van der Waals surface area contributed by atoms with Crippen molar-refractivity contribution in [1.29, 1.82) is 0 Å². The number of carboxylic acids is 1. The lowest BCUT2D eigenvalue weighted by Crippen LogP contribution is -2.27. The second-order valence-electron chi connectivity index (χ2n) is 9.31. The molecule has 0 spiro atoms. The van der Waals surface area contributed by atoms with Gasteiger partial charge in [0.2, 0.25) is 0 Å². The highest BCUT2D eigenvalue weighted by atomic mass is 16.5. The van der Waals surface area contributed by atoms with Crippen LogP contribution < -0.4 is 4.74 Å². The van der Waals surface area contributed by atoms with Gasteiger partial charge in [-0.2, -0.15) is 0 Å². The van der Waals surface area contributed by atoms with Crippen molar-refractivity contribution in [1.82, 2.24) is 0 Å². The molecule has 5 nitrogen and oxygen atoms in total. The molecule has 3 N–H and O–H groups in total. The molecule has 3 rings (SSSR count). The molecule has 1 aromatic carbocycles. The van der Waals surface area contributed by atoms with E-state index in [0.29, 0.717) is 23.5 Å². The van der Waals surface area contributed by atoms with Gasteiger partial charge in [0, 0.05) is 0 Å². The first-order chi connectivity index (χ1) is 14.5. The Bertz CT molecular complexity index is 688. The number of hydrogen-bond donors (Lipinski definition) is 3. The fourth-order valence-corrected chi connectivity index (χ4v) is 5.61. The third-order valence-electron chi connectivity index (χ3n) is 7.16. The van der Waals surface area contributed by atoms with Gasteiger partial charge in [-0.1, -0.05) is 51.2 Å². The number of ether oxygens (including phenoxy) is 1. The Morgan fingerprint density at radius 3 is 2.67 bits per heavy atom. The van der Waals surface area contributed by atoms with Crippen LogP contribution in [0.3, 0.4) is 0 Å². The number of unbranched alkanes of at least 4 members (excludes halogenated alkanes) is 3. The summed E-state index contributed by atoms with van der Waals surface area (Å²) in [6.45, 7) is 1.86. The Kier molecular flexibility index (Phi) is 8.58. The topological polar surface area (TPSA) is 87.0 Å². The molecular weight excluding hydrogens is 380 g/mol. The summed E-state index contributed by atoms with van der Waals surface area (Å²) in [4.78, 5) is 10.9. The van der Waals surface area contributed by atoms with Gasteiger partial charge in [0.05, 0.1) is 12.2 Å². The van der Waals surface area contributed by atoms with Gasteiger partial charge in [0.25, 0.3) is 0 Å². The molecule has 0 aromatic heterocycles. The molecule has 1 saturated carbocycles. The van der Waals surface area contributed by atoms with Crippen molar-refractivity contribution in [2.45, 2.75) is 89.8 Å². The third kappa shape index (κ3) is 5.98. The van der Waals surface area contributed by atoms with Crippen LogP contribution in [0.1, 0.15) is 75.8 Å². The van der Waals surface area contributed by atoms with Crippen LogP contribution in [0.5, 0.6) is 5.75 Å². The largest absolute Gasteiger partial charge is 0.482 e. The summed E-state index contributed by atoms with van der Waals surface area (Å²) in [6.07, 6.45) is 10.6. The fraction of sp³-hybridized carbons (Fsp3) is 0.720. The van der Waals surface area contributed by atoms with Gasteiger partial charge >= 0.3 is 5.97 Å². The number of hydrogen-bond acceptors (Lipinski definition) is 4. The fourth-order valence-electron chi connectivity index (χ4n) is 5.61. The Hall–Kier alpha value is -1.59. The zero-order valence-corrected chi connectivity index (χ0v) is 18.3. The minimum atomic E-state index is -0.965. The molecule has 30 heavy (non-hydrogen) atoms. The van der Waals surface area contributed by atoms with Crippen molar-refractivity contribution in [3.05, 3.63) is 29.3 Å². The summed E-state index contributed by atoms with van der Waals surface area (Å²) >= 11 is 0. The van der Waals surface area contributed by atoms with Gasteiger partial charge in [0.1, 0.15) is 5.75 Å². The van der Waals surface area contributed by atoms with Crippen molar-refractivity contribution in [3.8, 4) is 5.75 Å². The van der Waals surface area contributed by atoms with Crippen LogP contribution in [0.25, 0.3) is 0 Å². The monoisotopic (exact) mass is 418 g/mol. The highest BCUT2D eigenvalue weighted by Crippen LogP contribution is 2.48. The molecule has 0 bridgehead atoms. The van der Waals surface area contributed by atoms with E-state index in [9.17, 15) is 15.0 Å². The number of aliphatic hydroxyl groups excluding tert-OH is 2. The van der Waals surface area contributed by atoms with Crippen molar-refractivity contribution >= 4 is 5.97 Å². The number of carbonyl (C=O) groups is 1. The maximum atomic E-state index is 10.9. The van der Waals surface area contributed by atoms with Crippen LogP contribution >= 0.6 is 0 Å². The summed E-state index contributed by atoms with van der Waals surface area (Å²) in [5.74, 6) is 0.962. The minimum absolute atomic E-state index is 0.177. The van der Waals surface area contributed by atoms with Crippen LogP contribution in [0.15, 0.2) is 18.2 Å². The normalized spacial score (nSPS) is 26.1. The van der Waals surface area contributed by atoms with Gasteiger partial charge in [0.15, 0.2) is 6.61 Å². The quantitative estimate of drug-likeness (QED) is 0.439. The van der Waals surface area contributed by atoms with Gasteiger partial charge in [-0.3, -0.25) is 0 Å². The van der Waals surface area contributed by atoms with E-state index < -0.39 is 5.97 Å². The van der Waals surface area contributed by atoms with E-state index in [4.69, 9.17) is 9.84 Å². The van der Waals surface area contributed by atoms with Crippen molar-refractivity contribution in [2.75, 3.05) is 6.61 Å². The Balaban J connectivity index is 1.52. The van der Waals surface area contributed by atoms with Gasteiger partial charge in [-0.15, -0.1) is 0 Å². The molecule has 0 amide bonds. The molecule has 0 aliphatic heterocycles. The molecular formula is C25H38O5. The Labute approximate surface area is 180 Å². The van der Waals surface area contributed by atoms with E-state index in [1.54, 1.807) is 0 Å². The Morgan fingerprint density at radius 1 is 1.17 bits per heavy atom. The second-order valence-corrected chi connectivity index (χ2v) is 9.31. The smallest absolute Gasteiger partial charge is 0.341 e. The lowest BCUT2D eigenvalue weighted by Gasteiger charge is -2.32. The molecule has 2 aliphatic rings. The number of benzene rings is 1. The SMILES string of the molecule is CCCCC[C@H](O)CCCC[C@@H]1[C@H]2Cc3cccc(OCC(=O)O)c3C[C@H]2C[C@H]1O. The van der Waals surface area contributed by atoms with E-state index >= 15 is 0 Å². The maximum absolute atomic E-state index is 10.9. The zero-order valence-electron chi connectivity index (χ0n) is 18.3.